The maximum atomic E-state index is 5.98. The van der Waals surface area contributed by atoms with E-state index in [2.05, 4.69) is 29.3 Å². The first-order chi connectivity index (χ1) is 12.0. The van der Waals surface area contributed by atoms with Gasteiger partial charge in [0.2, 0.25) is 11.7 Å². The van der Waals surface area contributed by atoms with Crippen LogP contribution < -0.4 is 5.32 Å². The molecule has 1 N–H and O–H groups in total. The van der Waals surface area contributed by atoms with Gasteiger partial charge in [-0.25, -0.2) is 0 Å². The molecule has 0 aliphatic rings. The third kappa shape index (κ3) is 4.60. The van der Waals surface area contributed by atoms with Gasteiger partial charge in [-0.05, 0) is 47.9 Å². The van der Waals surface area contributed by atoms with Gasteiger partial charge < -0.3 is 9.84 Å². The molecule has 0 bridgehead atoms. The molecule has 1 atom stereocenters. The molecule has 1 heterocycles. The van der Waals surface area contributed by atoms with Crippen molar-refractivity contribution in [1.29, 1.82) is 0 Å². The summed E-state index contributed by atoms with van der Waals surface area (Å²) in [7, 11) is 0. The summed E-state index contributed by atoms with van der Waals surface area (Å²) in [5, 5.41) is 8.93. The smallest absolute Gasteiger partial charge is 0.240 e. The molecular weight excluding hydrogens is 357 g/mol. The first kappa shape index (κ1) is 17.9. The summed E-state index contributed by atoms with van der Waals surface area (Å²) in [4.78, 5) is 4.44. The van der Waals surface area contributed by atoms with Crippen molar-refractivity contribution in [3.63, 3.8) is 0 Å². The highest BCUT2D eigenvalue weighted by Crippen LogP contribution is 2.24. The minimum atomic E-state index is 0.170. The van der Waals surface area contributed by atoms with Crippen molar-refractivity contribution in [2.24, 2.45) is 5.92 Å². The Morgan fingerprint density at radius 3 is 2.16 bits per heavy atom. The average molecular weight is 376 g/mol. The molecule has 130 valence electrons. The number of halogens is 2. The summed E-state index contributed by atoms with van der Waals surface area (Å²) in [6, 6.07) is 15.4. The Morgan fingerprint density at radius 1 is 0.960 bits per heavy atom. The largest absolute Gasteiger partial charge is 0.338 e. The predicted octanol–water partition coefficient (Wildman–Crippen LogP) is 5.53. The molecular formula is C19H19Cl2N3O. The summed E-state index contributed by atoms with van der Waals surface area (Å²) >= 11 is 11.9. The number of hydrogen-bond donors (Lipinski definition) is 1. The first-order valence-electron chi connectivity index (χ1n) is 8.10. The van der Waals surface area contributed by atoms with Crippen molar-refractivity contribution in [2.75, 3.05) is 0 Å². The lowest BCUT2D eigenvalue weighted by atomic mass is 9.96. The van der Waals surface area contributed by atoms with Crippen LogP contribution in [0.5, 0.6) is 0 Å². The quantitative estimate of drug-likeness (QED) is 0.615. The maximum Gasteiger partial charge on any atom is 0.240 e. The van der Waals surface area contributed by atoms with E-state index in [1.807, 2.05) is 36.4 Å². The van der Waals surface area contributed by atoms with Crippen LogP contribution in [0.15, 0.2) is 53.1 Å². The Balaban J connectivity index is 1.69. The molecule has 4 nitrogen and oxygen atoms in total. The highest BCUT2D eigenvalue weighted by Gasteiger charge is 2.17. The van der Waals surface area contributed by atoms with Crippen molar-refractivity contribution in [2.45, 2.75) is 26.4 Å². The molecule has 0 aliphatic carbocycles. The van der Waals surface area contributed by atoms with Crippen LogP contribution in [0.3, 0.4) is 0 Å². The van der Waals surface area contributed by atoms with Crippen LogP contribution in [0, 0.1) is 5.92 Å². The van der Waals surface area contributed by atoms with Crippen LogP contribution in [0.2, 0.25) is 10.0 Å². The molecule has 6 heteroatoms. The van der Waals surface area contributed by atoms with Crippen LogP contribution in [0.4, 0.5) is 0 Å². The lowest BCUT2D eigenvalue weighted by Crippen LogP contribution is -2.25. The minimum absolute atomic E-state index is 0.170. The van der Waals surface area contributed by atoms with E-state index in [4.69, 9.17) is 27.7 Å². The molecule has 0 radical (unpaired) electrons. The Kier molecular flexibility index (Phi) is 5.74. The van der Waals surface area contributed by atoms with Gasteiger partial charge in [0, 0.05) is 21.7 Å². The Labute approximate surface area is 157 Å². The van der Waals surface area contributed by atoms with Gasteiger partial charge in [-0.3, -0.25) is 0 Å². The van der Waals surface area contributed by atoms with Crippen molar-refractivity contribution in [1.82, 2.24) is 15.5 Å². The number of nitrogens with one attached hydrogen (secondary N) is 1. The SMILES string of the molecule is CC(C)[C@@H](NCc1nc(-c2ccc(Cl)cc2)no1)c1ccc(Cl)cc1. The molecule has 0 saturated carbocycles. The van der Waals surface area contributed by atoms with Gasteiger partial charge in [-0.1, -0.05) is 54.3 Å². The second-order valence-electron chi connectivity index (χ2n) is 6.17. The number of hydrogen-bond acceptors (Lipinski definition) is 4. The van der Waals surface area contributed by atoms with Crippen LogP contribution in [-0.2, 0) is 6.54 Å². The molecule has 0 unspecified atom stereocenters. The zero-order chi connectivity index (χ0) is 17.8. The van der Waals surface area contributed by atoms with Gasteiger partial charge in [0.1, 0.15) is 0 Å². The molecule has 0 spiro atoms. The summed E-state index contributed by atoms with van der Waals surface area (Å²) in [6.45, 7) is 4.82. The van der Waals surface area contributed by atoms with Crippen molar-refractivity contribution in [3.8, 4) is 11.4 Å². The maximum absolute atomic E-state index is 5.98. The third-order valence-electron chi connectivity index (χ3n) is 3.94. The number of rotatable bonds is 6. The number of nitrogens with zero attached hydrogens (tertiary/aromatic N) is 2. The molecule has 0 fully saturated rings. The van der Waals surface area contributed by atoms with Gasteiger partial charge in [0.25, 0.3) is 0 Å². The van der Waals surface area contributed by atoms with Crippen molar-refractivity contribution < 1.29 is 4.52 Å². The molecule has 2 aromatic carbocycles. The standard InChI is InChI=1S/C19H19Cl2N3O/c1-12(2)18(13-3-7-15(20)8-4-13)22-11-17-23-19(24-25-17)14-5-9-16(21)10-6-14/h3-10,12,18,22H,11H2,1-2H3/t18-/m1/s1. The molecule has 0 amide bonds. The highest BCUT2D eigenvalue weighted by atomic mass is 35.5. The van der Waals surface area contributed by atoms with E-state index in [9.17, 15) is 0 Å². The van der Waals surface area contributed by atoms with Crippen molar-refractivity contribution in [3.05, 3.63) is 70.0 Å². The fraction of sp³-hybridized carbons (Fsp3) is 0.263. The summed E-state index contributed by atoms with van der Waals surface area (Å²) in [5.41, 5.74) is 2.05. The molecule has 25 heavy (non-hydrogen) atoms. The second-order valence-corrected chi connectivity index (χ2v) is 7.05. The lowest BCUT2D eigenvalue weighted by molar-refractivity contribution is 0.338. The van der Waals surface area contributed by atoms with Gasteiger partial charge in [0.05, 0.1) is 6.54 Å². The molecule has 3 aromatic rings. The van der Waals surface area contributed by atoms with Gasteiger partial charge >= 0.3 is 0 Å². The Hall–Kier alpha value is -1.88. The zero-order valence-corrected chi connectivity index (χ0v) is 15.6. The highest BCUT2D eigenvalue weighted by molar-refractivity contribution is 6.30. The summed E-state index contributed by atoms with van der Waals surface area (Å²) < 4.78 is 5.36. The molecule has 1 aromatic heterocycles. The zero-order valence-electron chi connectivity index (χ0n) is 14.0. The van der Waals surface area contributed by atoms with E-state index in [1.54, 1.807) is 12.1 Å². The summed E-state index contributed by atoms with van der Waals surface area (Å²) in [6.07, 6.45) is 0. The second kappa shape index (κ2) is 8.00. The number of aromatic nitrogens is 2. The van der Waals surface area contributed by atoms with E-state index in [0.29, 0.717) is 29.2 Å². The van der Waals surface area contributed by atoms with Crippen molar-refractivity contribution >= 4 is 23.2 Å². The average Bonchev–Trinajstić information content (AvgIpc) is 3.06. The van der Waals surface area contributed by atoms with E-state index in [-0.39, 0.29) is 6.04 Å². The fourth-order valence-electron chi connectivity index (χ4n) is 2.65. The van der Waals surface area contributed by atoms with E-state index >= 15 is 0 Å². The van der Waals surface area contributed by atoms with Crippen LogP contribution >= 0.6 is 23.2 Å². The molecule has 0 aliphatic heterocycles. The first-order valence-corrected chi connectivity index (χ1v) is 8.86. The van der Waals surface area contributed by atoms with Gasteiger partial charge in [-0.2, -0.15) is 4.98 Å². The number of benzene rings is 2. The van der Waals surface area contributed by atoms with E-state index in [0.717, 1.165) is 10.6 Å². The lowest BCUT2D eigenvalue weighted by Gasteiger charge is -2.22. The predicted molar refractivity (Wildman–Crippen MR) is 101 cm³/mol. The molecule has 3 rings (SSSR count). The third-order valence-corrected chi connectivity index (χ3v) is 4.44. The molecule has 0 saturated heterocycles. The summed E-state index contributed by atoms with van der Waals surface area (Å²) in [5.74, 6) is 1.51. The van der Waals surface area contributed by atoms with Crippen LogP contribution in [0.25, 0.3) is 11.4 Å². The van der Waals surface area contributed by atoms with Gasteiger partial charge in [-0.15, -0.1) is 0 Å². The van der Waals surface area contributed by atoms with E-state index in [1.165, 1.54) is 5.56 Å². The normalized spacial score (nSPS) is 12.5. The fourth-order valence-corrected chi connectivity index (χ4v) is 2.90. The van der Waals surface area contributed by atoms with Crippen LogP contribution in [-0.4, -0.2) is 10.1 Å². The Bertz CT molecular complexity index is 813. The minimum Gasteiger partial charge on any atom is -0.338 e. The topological polar surface area (TPSA) is 51.0 Å². The van der Waals surface area contributed by atoms with Crippen LogP contribution in [0.1, 0.15) is 31.3 Å². The monoisotopic (exact) mass is 375 g/mol. The van der Waals surface area contributed by atoms with E-state index < -0.39 is 0 Å². The van der Waals surface area contributed by atoms with Gasteiger partial charge in [0.15, 0.2) is 0 Å². The Morgan fingerprint density at radius 2 is 1.56 bits per heavy atom.